The summed E-state index contributed by atoms with van der Waals surface area (Å²) >= 11 is 0. The van der Waals surface area contributed by atoms with Crippen LogP contribution in [0.15, 0.2) is 22.8 Å². The van der Waals surface area contributed by atoms with Gasteiger partial charge in [0.15, 0.2) is 0 Å². The van der Waals surface area contributed by atoms with Gasteiger partial charge in [-0.25, -0.2) is 4.79 Å². The third-order valence-electron chi connectivity index (χ3n) is 5.42. The number of carbonyl (C=O) groups is 1. The second kappa shape index (κ2) is 8.72. The number of aliphatic hydroxyl groups is 1. The highest BCUT2D eigenvalue weighted by Gasteiger charge is 2.27. The number of hydrogen-bond donors (Lipinski definition) is 3. The topological polar surface area (TPSA) is 77.7 Å². The molecular weight excluding hydrogens is 318 g/mol. The molecule has 0 aromatic carbocycles. The van der Waals surface area contributed by atoms with Gasteiger partial charge < -0.3 is 25.1 Å². The molecule has 1 aromatic heterocycles. The van der Waals surface area contributed by atoms with Crippen LogP contribution in [-0.4, -0.2) is 47.8 Å². The van der Waals surface area contributed by atoms with Crippen molar-refractivity contribution in [3.05, 3.63) is 24.2 Å². The number of nitrogens with one attached hydrogen (secondary N) is 2. The third-order valence-corrected chi connectivity index (χ3v) is 5.42. The normalized spacial score (nSPS) is 24.3. The molecule has 2 amide bonds. The molecule has 25 heavy (non-hydrogen) atoms. The van der Waals surface area contributed by atoms with Gasteiger partial charge in [-0.1, -0.05) is 12.8 Å². The van der Waals surface area contributed by atoms with E-state index in [0.717, 1.165) is 25.4 Å². The standard InChI is InChI=1S/C19H31N3O3/c1-14(11-17(23)18-7-4-10-25-18)20-19(24)21-16-8-9-22(13-16)12-15-5-2-3-6-15/h4,7,10,14-17,23H,2-3,5-6,8-9,11-13H2,1H3,(H2,20,21,24). The largest absolute Gasteiger partial charge is 0.467 e. The summed E-state index contributed by atoms with van der Waals surface area (Å²) in [4.78, 5) is 14.7. The highest BCUT2D eigenvalue weighted by molar-refractivity contribution is 5.74. The number of hydrogen-bond acceptors (Lipinski definition) is 4. The maximum atomic E-state index is 12.2. The molecule has 140 valence electrons. The summed E-state index contributed by atoms with van der Waals surface area (Å²) in [5, 5.41) is 16.1. The zero-order valence-corrected chi connectivity index (χ0v) is 15.1. The SMILES string of the molecule is CC(CC(O)c1ccco1)NC(=O)NC1CCN(CC2CCCC2)C1. The molecule has 3 rings (SSSR count). The average Bonchev–Trinajstić information content (AvgIpc) is 3.29. The van der Waals surface area contributed by atoms with Crippen molar-refractivity contribution < 1.29 is 14.3 Å². The number of furan rings is 1. The molecule has 1 aromatic rings. The van der Waals surface area contributed by atoms with Crippen LogP contribution in [0.1, 0.15) is 57.3 Å². The van der Waals surface area contributed by atoms with E-state index in [4.69, 9.17) is 4.42 Å². The second-order valence-electron chi connectivity index (χ2n) is 7.68. The van der Waals surface area contributed by atoms with Gasteiger partial charge >= 0.3 is 6.03 Å². The number of amides is 2. The van der Waals surface area contributed by atoms with E-state index in [9.17, 15) is 9.90 Å². The Labute approximate surface area is 150 Å². The molecule has 3 N–H and O–H groups in total. The first-order valence-corrected chi connectivity index (χ1v) is 9.61. The maximum absolute atomic E-state index is 12.2. The number of rotatable bonds is 7. The average molecular weight is 349 g/mol. The first-order valence-electron chi connectivity index (χ1n) is 9.61. The van der Waals surface area contributed by atoms with Crippen molar-refractivity contribution in [1.29, 1.82) is 0 Å². The molecule has 1 aliphatic heterocycles. The summed E-state index contributed by atoms with van der Waals surface area (Å²) in [6.07, 6.45) is 7.78. The van der Waals surface area contributed by atoms with Gasteiger partial charge in [0.2, 0.25) is 0 Å². The zero-order chi connectivity index (χ0) is 17.6. The monoisotopic (exact) mass is 349 g/mol. The summed E-state index contributed by atoms with van der Waals surface area (Å²) in [6.45, 7) is 5.11. The van der Waals surface area contributed by atoms with E-state index in [1.165, 1.54) is 32.2 Å². The fourth-order valence-electron chi connectivity index (χ4n) is 4.12. The molecule has 1 saturated heterocycles. The Balaban J connectivity index is 1.34. The van der Waals surface area contributed by atoms with E-state index in [1.807, 2.05) is 6.92 Å². The lowest BCUT2D eigenvalue weighted by molar-refractivity contribution is 0.129. The van der Waals surface area contributed by atoms with Crippen LogP contribution in [0.4, 0.5) is 4.79 Å². The van der Waals surface area contributed by atoms with Gasteiger partial charge in [-0.2, -0.15) is 0 Å². The molecule has 3 atom stereocenters. The van der Waals surface area contributed by atoms with Gasteiger partial charge in [-0.05, 0) is 44.2 Å². The van der Waals surface area contributed by atoms with Crippen molar-refractivity contribution in [3.8, 4) is 0 Å². The van der Waals surface area contributed by atoms with Crippen LogP contribution in [0, 0.1) is 5.92 Å². The number of carbonyl (C=O) groups excluding carboxylic acids is 1. The quantitative estimate of drug-likeness (QED) is 0.707. The van der Waals surface area contributed by atoms with E-state index in [1.54, 1.807) is 18.4 Å². The molecule has 1 aliphatic carbocycles. The highest BCUT2D eigenvalue weighted by atomic mass is 16.4. The van der Waals surface area contributed by atoms with Crippen molar-refractivity contribution in [2.75, 3.05) is 19.6 Å². The first kappa shape index (κ1) is 18.3. The lowest BCUT2D eigenvalue weighted by atomic mass is 10.1. The van der Waals surface area contributed by atoms with Crippen molar-refractivity contribution in [2.45, 2.75) is 63.6 Å². The van der Waals surface area contributed by atoms with E-state index in [2.05, 4.69) is 15.5 Å². The van der Waals surface area contributed by atoms with Gasteiger partial charge in [0, 0.05) is 38.1 Å². The number of urea groups is 1. The second-order valence-corrected chi connectivity index (χ2v) is 7.68. The lowest BCUT2D eigenvalue weighted by Crippen LogP contribution is -2.46. The molecule has 2 aliphatic rings. The molecular formula is C19H31N3O3. The number of aliphatic hydroxyl groups excluding tert-OH is 1. The Kier molecular flexibility index (Phi) is 6.37. The number of nitrogens with zero attached hydrogens (tertiary/aromatic N) is 1. The number of likely N-dealkylation sites (tertiary alicyclic amines) is 1. The Morgan fingerprint density at radius 2 is 2.20 bits per heavy atom. The molecule has 6 nitrogen and oxygen atoms in total. The van der Waals surface area contributed by atoms with Crippen LogP contribution < -0.4 is 10.6 Å². The van der Waals surface area contributed by atoms with E-state index in [-0.39, 0.29) is 18.1 Å². The van der Waals surface area contributed by atoms with E-state index < -0.39 is 6.10 Å². The molecule has 6 heteroatoms. The van der Waals surface area contributed by atoms with Crippen LogP contribution in [0.2, 0.25) is 0 Å². The Morgan fingerprint density at radius 1 is 1.40 bits per heavy atom. The Hall–Kier alpha value is -1.53. The summed E-state index contributed by atoms with van der Waals surface area (Å²) in [6, 6.07) is 3.45. The molecule has 0 spiro atoms. The molecule has 2 fully saturated rings. The minimum absolute atomic E-state index is 0.129. The fraction of sp³-hybridized carbons (Fsp3) is 0.737. The summed E-state index contributed by atoms with van der Waals surface area (Å²) in [7, 11) is 0. The molecule has 3 unspecified atom stereocenters. The zero-order valence-electron chi connectivity index (χ0n) is 15.1. The van der Waals surface area contributed by atoms with Crippen LogP contribution in [0.25, 0.3) is 0 Å². The van der Waals surface area contributed by atoms with Crippen LogP contribution in [0.5, 0.6) is 0 Å². The Morgan fingerprint density at radius 3 is 2.92 bits per heavy atom. The fourth-order valence-corrected chi connectivity index (χ4v) is 4.12. The van der Waals surface area contributed by atoms with E-state index in [0.29, 0.717) is 12.2 Å². The summed E-state index contributed by atoms with van der Waals surface area (Å²) in [5.41, 5.74) is 0. The summed E-state index contributed by atoms with van der Waals surface area (Å²) in [5.74, 6) is 1.39. The van der Waals surface area contributed by atoms with Gasteiger partial charge in [-0.15, -0.1) is 0 Å². The predicted octanol–water partition coefficient (Wildman–Crippen LogP) is 2.66. The van der Waals surface area contributed by atoms with Crippen LogP contribution in [-0.2, 0) is 0 Å². The Bertz CT molecular complexity index is 528. The smallest absolute Gasteiger partial charge is 0.315 e. The van der Waals surface area contributed by atoms with Crippen molar-refractivity contribution in [2.24, 2.45) is 5.92 Å². The highest BCUT2D eigenvalue weighted by Crippen LogP contribution is 2.26. The maximum Gasteiger partial charge on any atom is 0.315 e. The minimum Gasteiger partial charge on any atom is -0.467 e. The molecule has 1 saturated carbocycles. The molecule has 0 bridgehead atoms. The van der Waals surface area contributed by atoms with Gasteiger partial charge in [0.05, 0.1) is 6.26 Å². The van der Waals surface area contributed by atoms with Gasteiger partial charge in [-0.3, -0.25) is 0 Å². The predicted molar refractivity (Wildman–Crippen MR) is 96.2 cm³/mol. The van der Waals surface area contributed by atoms with Crippen molar-refractivity contribution in [3.63, 3.8) is 0 Å². The van der Waals surface area contributed by atoms with Crippen LogP contribution >= 0.6 is 0 Å². The van der Waals surface area contributed by atoms with E-state index >= 15 is 0 Å². The third kappa shape index (κ3) is 5.47. The first-order chi connectivity index (χ1) is 12.1. The van der Waals surface area contributed by atoms with Crippen molar-refractivity contribution in [1.82, 2.24) is 15.5 Å². The molecule has 0 radical (unpaired) electrons. The summed E-state index contributed by atoms with van der Waals surface area (Å²) < 4.78 is 5.19. The van der Waals surface area contributed by atoms with Crippen molar-refractivity contribution >= 4 is 6.03 Å². The van der Waals surface area contributed by atoms with Gasteiger partial charge in [0.1, 0.15) is 11.9 Å². The minimum atomic E-state index is -0.696. The molecule has 2 heterocycles. The van der Waals surface area contributed by atoms with Crippen LogP contribution in [0.3, 0.4) is 0 Å². The van der Waals surface area contributed by atoms with Gasteiger partial charge in [0.25, 0.3) is 0 Å². The lowest BCUT2D eigenvalue weighted by Gasteiger charge is -2.21.